The van der Waals surface area contributed by atoms with E-state index in [0.717, 1.165) is 11.5 Å². The second kappa shape index (κ2) is 3.64. The van der Waals surface area contributed by atoms with Gasteiger partial charge in [0.25, 0.3) is 0 Å². The number of furan rings is 1. The van der Waals surface area contributed by atoms with Crippen molar-refractivity contribution in [2.45, 2.75) is 19.8 Å². The smallest absolute Gasteiger partial charge is 0.232 e. The van der Waals surface area contributed by atoms with E-state index >= 15 is 0 Å². The Morgan fingerprint density at radius 3 is 2.46 bits per heavy atom. The van der Waals surface area contributed by atoms with Crippen LogP contribution in [-0.2, 0) is 4.79 Å². The van der Waals surface area contributed by atoms with Crippen LogP contribution in [0.5, 0.6) is 0 Å². The van der Waals surface area contributed by atoms with Crippen LogP contribution in [0.2, 0.25) is 0 Å². The topological polar surface area (TPSA) is 33.5 Å². The number of aryl methyl sites for hydroxylation is 1. The third kappa shape index (κ3) is 2.11. The first-order chi connectivity index (χ1) is 6.02. The fourth-order valence-corrected chi connectivity index (χ4v) is 1.20. The molecular formula is C10H15NO2. The molecule has 3 heteroatoms. The molecule has 3 nitrogen and oxygen atoms in total. The fraction of sp³-hybridized carbons (Fsp3) is 0.500. The second-order valence-corrected chi connectivity index (χ2v) is 3.40. The molecule has 1 amide bonds. The molecule has 72 valence electrons. The minimum absolute atomic E-state index is 0.0642. The highest BCUT2D eigenvalue weighted by Crippen LogP contribution is 2.19. The third-order valence-electron chi connectivity index (χ3n) is 2.00. The van der Waals surface area contributed by atoms with Crippen LogP contribution < -0.4 is 0 Å². The lowest BCUT2D eigenvalue weighted by molar-refractivity contribution is -0.130. The van der Waals surface area contributed by atoms with Crippen molar-refractivity contribution in [2.75, 3.05) is 14.1 Å². The van der Waals surface area contributed by atoms with E-state index in [1.807, 2.05) is 26.0 Å². The number of hydrogen-bond donors (Lipinski definition) is 0. The molecule has 0 radical (unpaired) electrons. The van der Waals surface area contributed by atoms with E-state index in [0.29, 0.717) is 0 Å². The molecule has 1 unspecified atom stereocenters. The minimum atomic E-state index is -0.191. The molecule has 1 aromatic heterocycles. The average Bonchev–Trinajstić information content (AvgIpc) is 2.49. The van der Waals surface area contributed by atoms with E-state index < -0.39 is 0 Å². The Morgan fingerprint density at radius 1 is 1.46 bits per heavy atom. The Balaban J connectivity index is 2.79. The molecule has 0 aliphatic carbocycles. The van der Waals surface area contributed by atoms with E-state index in [-0.39, 0.29) is 11.8 Å². The van der Waals surface area contributed by atoms with Crippen LogP contribution in [0, 0.1) is 6.92 Å². The van der Waals surface area contributed by atoms with E-state index in [9.17, 15) is 4.79 Å². The van der Waals surface area contributed by atoms with Gasteiger partial charge in [0.2, 0.25) is 5.91 Å². The maximum atomic E-state index is 11.5. The van der Waals surface area contributed by atoms with Crippen molar-refractivity contribution in [3.05, 3.63) is 23.7 Å². The molecule has 0 N–H and O–H groups in total. The molecule has 1 rings (SSSR count). The van der Waals surface area contributed by atoms with Gasteiger partial charge in [-0.05, 0) is 26.0 Å². The van der Waals surface area contributed by atoms with Crippen LogP contribution in [-0.4, -0.2) is 24.9 Å². The number of amides is 1. The lowest BCUT2D eigenvalue weighted by Crippen LogP contribution is -2.26. The van der Waals surface area contributed by atoms with Crippen molar-refractivity contribution in [1.29, 1.82) is 0 Å². The van der Waals surface area contributed by atoms with Crippen molar-refractivity contribution >= 4 is 5.91 Å². The molecule has 0 fully saturated rings. The molecule has 1 aromatic rings. The summed E-state index contributed by atoms with van der Waals surface area (Å²) in [5.41, 5.74) is 0. The van der Waals surface area contributed by atoms with Gasteiger partial charge in [-0.1, -0.05) is 0 Å². The lowest BCUT2D eigenvalue weighted by atomic mass is 10.1. The minimum Gasteiger partial charge on any atom is -0.466 e. The molecule has 1 heterocycles. The molecule has 1 atom stereocenters. The summed E-state index contributed by atoms with van der Waals surface area (Å²) in [7, 11) is 3.49. The van der Waals surface area contributed by atoms with Gasteiger partial charge in [-0.25, -0.2) is 0 Å². The number of hydrogen-bond acceptors (Lipinski definition) is 2. The van der Waals surface area contributed by atoms with Crippen LogP contribution in [0.3, 0.4) is 0 Å². The fourth-order valence-electron chi connectivity index (χ4n) is 1.20. The first-order valence-electron chi connectivity index (χ1n) is 4.30. The van der Waals surface area contributed by atoms with Crippen molar-refractivity contribution in [2.24, 2.45) is 0 Å². The van der Waals surface area contributed by atoms with Gasteiger partial charge in [0.05, 0.1) is 5.92 Å². The highest BCUT2D eigenvalue weighted by atomic mass is 16.3. The van der Waals surface area contributed by atoms with Gasteiger partial charge in [-0.3, -0.25) is 4.79 Å². The summed E-state index contributed by atoms with van der Waals surface area (Å²) >= 11 is 0. The number of carbonyl (C=O) groups excluding carboxylic acids is 1. The Bertz CT molecular complexity index is 302. The van der Waals surface area contributed by atoms with Gasteiger partial charge in [0.15, 0.2) is 0 Å². The van der Waals surface area contributed by atoms with Crippen molar-refractivity contribution in [3.8, 4) is 0 Å². The highest BCUT2D eigenvalue weighted by molar-refractivity contribution is 5.82. The molecule has 0 saturated heterocycles. The van der Waals surface area contributed by atoms with Crippen molar-refractivity contribution in [3.63, 3.8) is 0 Å². The highest BCUT2D eigenvalue weighted by Gasteiger charge is 2.19. The number of likely N-dealkylation sites (N-methyl/N-ethyl adjacent to an activating group) is 1. The lowest BCUT2D eigenvalue weighted by Gasteiger charge is -2.14. The summed E-state index contributed by atoms with van der Waals surface area (Å²) in [6.45, 7) is 3.72. The molecule has 0 bridgehead atoms. The monoisotopic (exact) mass is 181 g/mol. The summed E-state index contributed by atoms with van der Waals surface area (Å²) in [5.74, 6) is 1.45. The Labute approximate surface area is 78.3 Å². The molecule has 13 heavy (non-hydrogen) atoms. The second-order valence-electron chi connectivity index (χ2n) is 3.40. The molecule has 0 aromatic carbocycles. The van der Waals surface area contributed by atoms with E-state index in [1.54, 1.807) is 19.0 Å². The Morgan fingerprint density at radius 2 is 2.08 bits per heavy atom. The summed E-state index contributed by atoms with van der Waals surface area (Å²) in [6.07, 6.45) is 0. The third-order valence-corrected chi connectivity index (χ3v) is 2.00. The van der Waals surface area contributed by atoms with Crippen LogP contribution in [0.4, 0.5) is 0 Å². The summed E-state index contributed by atoms with van der Waals surface area (Å²) in [5, 5.41) is 0. The molecule has 0 aliphatic heterocycles. The zero-order valence-electron chi connectivity index (χ0n) is 8.50. The SMILES string of the molecule is Cc1ccc(C(C)C(=O)N(C)C)o1. The maximum absolute atomic E-state index is 11.5. The predicted molar refractivity (Wildman–Crippen MR) is 50.6 cm³/mol. The number of carbonyl (C=O) groups is 1. The van der Waals surface area contributed by atoms with Gasteiger partial charge in [-0.15, -0.1) is 0 Å². The summed E-state index contributed by atoms with van der Waals surface area (Å²) in [4.78, 5) is 13.1. The maximum Gasteiger partial charge on any atom is 0.232 e. The van der Waals surface area contributed by atoms with Gasteiger partial charge >= 0.3 is 0 Å². The largest absolute Gasteiger partial charge is 0.466 e. The van der Waals surface area contributed by atoms with Crippen molar-refractivity contribution in [1.82, 2.24) is 4.90 Å². The van der Waals surface area contributed by atoms with E-state index in [1.165, 1.54) is 0 Å². The van der Waals surface area contributed by atoms with Crippen LogP contribution >= 0.6 is 0 Å². The molecule has 0 spiro atoms. The summed E-state index contributed by atoms with van der Waals surface area (Å²) < 4.78 is 5.37. The van der Waals surface area contributed by atoms with Gasteiger partial charge in [0, 0.05) is 14.1 Å². The number of rotatable bonds is 2. The average molecular weight is 181 g/mol. The van der Waals surface area contributed by atoms with Crippen LogP contribution in [0.25, 0.3) is 0 Å². The first kappa shape index (κ1) is 9.84. The van der Waals surface area contributed by atoms with E-state index in [4.69, 9.17) is 4.42 Å². The molecule has 0 saturated carbocycles. The van der Waals surface area contributed by atoms with Crippen LogP contribution in [0.1, 0.15) is 24.4 Å². The molecule has 0 aliphatic rings. The quantitative estimate of drug-likeness (QED) is 0.696. The normalized spacial score (nSPS) is 12.6. The van der Waals surface area contributed by atoms with Crippen LogP contribution in [0.15, 0.2) is 16.5 Å². The zero-order chi connectivity index (χ0) is 10.0. The van der Waals surface area contributed by atoms with Gasteiger partial charge in [0.1, 0.15) is 11.5 Å². The molecular weight excluding hydrogens is 166 g/mol. The zero-order valence-corrected chi connectivity index (χ0v) is 8.50. The Kier molecular flexibility index (Phi) is 2.76. The van der Waals surface area contributed by atoms with Gasteiger partial charge < -0.3 is 9.32 Å². The first-order valence-corrected chi connectivity index (χ1v) is 4.30. The predicted octanol–water partition coefficient (Wildman–Crippen LogP) is 1.78. The Hall–Kier alpha value is -1.25. The standard InChI is InChI=1S/C10H15NO2/c1-7-5-6-9(13-7)8(2)10(12)11(3)4/h5-6,8H,1-4H3. The van der Waals surface area contributed by atoms with Gasteiger partial charge in [-0.2, -0.15) is 0 Å². The summed E-state index contributed by atoms with van der Waals surface area (Å²) in [6, 6.07) is 3.72. The number of nitrogens with zero attached hydrogens (tertiary/aromatic N) is 1. The van der Waals surface area contributed by atoms with E-state index in [2.05, 4.69) is 0 Å². The van der Waals surface area contributed by atoms with Crippen molar-refractivity contribution < 1.29 is 9.21 Å².